The monoisotopic (exact) mass is 400 g/mol. The van der Waals surface area contributed by atoms with E-state index in [4.69, 9.17) is 4.74 Å². The van der Waals surface area contributed by atoms with Gasteiger partial charge < -0.3 is 4.74 Å². The molecule has 0 N–H and O–H groups in total. The van der Waals surface area contributed by atoms with Gasteiger partial charge in [-0.15, -0.1) is 0 Å². The van der Waals surface area contributed by atoms with Gasteiger partial charge in [-0.25, -0.2) is 4.79 Å². The van der Waals surface area contributed by atoms with Gasteiger partial charge in [0.15, 0.2) is 0 Å². The summed E-state index contributed by atoms with van der Waals surface area (Å²) in [5.74, 6) is 0.845. The summed E-state index contributed by atoms with van der Waals surface area (Å²) in [5.41, 5.74) is 5.83. The minimum absolute atomic E-state index is 0.289. The van der Waals surface area contributed by atoms with Crippen LogP contribution in [0.25, 0.3) is 16.8 Å². The molecule has 0 unspecified atom stereocenters. The van der Waals surface area contributed by atoms with Crippen LogP contribution in [-0.2, 0) is 20.1 Å². The lowest BCUT2D eigenvalue weighted by atomic mass is 10.0. The van der Waals surface area contributed by atoms with Crippen LogP contribution in [0.15, 0.2) is 71.5 Å². The van der Waals surface area contributed by atoms with Crippen molar-refractivity contribution in [3.8, 4) is 22.6 Å². The molecule has 0 aliphatic rings. The molecule has 6 heteroatoms. The van der Waals surface area contributed by atoms with Gasteiger partial charge in [0.25, 0.3) is 0 Å². The van der Waals surface area contributed by atoms with Gasteiger partial charge in [0, 0.05) is 12.6 Å². The van der Waals surface area contributed by atoms with E-state index in [1.807, 2.05) is 49.4 Å². The molecule has 1 heterocycles. The summed E-state index contributed by atoms with van der Waals surface area (Å²) in [7, 11) is 1.58. The zero-order valence-corrected chi connectivity index (χ0v) is 17.4. The van der Waals surface area contributed by atoms with E-state index in [9.17, 15) is 4.79 Å². The average Bonchev–Trinajstić information content (AvgIpc) is 3.11. The SMILES string of the molecule is CCc1cc(-c2ccccc2)ccc1OCc1c(C)cccc1-n1nnn(C)c1=O. The quantitative estimate of drug-likeness (QED) is 0.489. The van der Waals surface area contributed by atoms with Crippen molar-refractivity contribution in [2.45, 2.75) is 26.9 Å². The summed E-state index contributed by atoms with van der Waals surface area (Å²) in [4.78, 5) is 12.3. The summed E-state index contributed by atoms with van der Waals surface area (Å²) < 4.78 is 8.75. The number of nitrogens with zero attached hydrogens (tertiary/aromatic N) is 4. The number of hydrogen-bond donors (Lipinski definition) is 0. The second-order valence-corrected chi connectivity index (χ2v) is 7.20. The molecule has 152 valence electrons. The second kappa shape index (κ2) is 8.37. The van der Waals surface area contributed by atoms with E-state index in [1.165, 1.54) is 20.5 Å². The Morgan fingerprint density at radius 1 is 0.933 bits per heavy atom. The number of ether oxygens (including phenoxy) is 1. The molecule has 4 aromatic rings. The summed E-state index contributed by atoms with van der Waals surface area (Å²) >= 11 is 0. The van der Waals surface area contributed by atoms with Crippen LogP contribution in [0.5, 0.6) is 5.75 Å². The standard InChI is InChI=1S/C24H24N4O2/c1-4-18-15-20(19-10-6-5-7-11-19)13-14-23(18)30-16-21-17(2)9-8-12-22(21)28-24(29)27(3)25-26-28/h5-15H,4,16H2,1-3H3. The minimum Gasteiger partial charge on any atom is -0.489 e. The van der Waals surface area contributed by atoms with Crippen molar-refractivity contribution in [2.24, 2.45) is 7.05 Å². The smallest absolute Gasteiger partial charge is 0.368 e. The third-order valence-electron chi connectivity index (χ3n) is 5.26. The van der Waals surface area contributed by atoms with Crippen molar-refractivity contribution in [1.82, 2.24) is 19.8 Å². The molecule has 30 heavy (non-hydrogen) atoms. The maximum atomic E-state index is 12.3. The van der Waals surface area contributed by atoms with Crippen molar-refractivity contribution in [3.63, 3.8) is 0 Å². The Bertz CT molecular complexity index is 1230. The van der Waals surface area contributed by atoms with E-state index in [0.29, 0.717) is 12.3 Å². The molecule has 0 aliphatic heterocycles. The number of benzene rings is 3. The van der Waals surface area contributed by atoms with Crippen molar-refractivity contribution in [2.75, 3.05) is 0 Å². The van der Waals surface area contributed by atoms with E-state index < -0.39 is 0 Å². The fourth-order valence-corrected chi connectivity index (χ4v) is 3.49. The average molecular weight is 400 g/mol. The molecule has 0 atom stereocenters. The first kappa shape index (κ1) is 19.6. The first-order chi connectivity index (χ1) is 14.6. The topological polar surface area (TPSA) is 61.9 Å². The third kappa shape index (κ3) is 3.76. The second-order valence-electron chi connectivity index (χ2n) is 7.20. The van der Waals surface area contributed by atoms with Crippen LogP contribution in [0.2, 0.25) is 0 Å². The van der Waals surface area contributed by atoms with Crippen LogP contribution < -0.4 is 10.4 Å². The highest BCUT2D eigenvalue weighted by Gasteiger charge is 2.14. The van der Waals surface area contributed by atoms with Gasteiger partial charge in [0.1, 0.15) is 12.4 Å². The highest BCUT2D eigenvalue weighted by atomic mass is 16.5. The molecule has 0 saturated heterocycles. The maximum Gasteiger partial charge on any atom is 0.368 e. The molecule has 0 aliphatic carbocycles. The Labute approximate surface area is 175 Å². The van der Waals surface area contributed by atoms with E-state index in [-0.39, 0.29) is 5.69 Å². The molecule has 0 amide bonds. The highest BCUT2D eigenvalue weighted by Crippen LogP contribution is 2.28. The van der Waals surface area contributed by atoms with Crippen molar-refractivity contribution in [3.05, 3.63) is 93.9 Å². The maximum absolute atomic E-state index is 12.3. The number of rotatable bonds is 6. The first-order valence-electron chi connectivity index (χ1n) is 9.97. The zero-order valence-electron chi connectivity index (χ0n) is 17.4. The van der Waals surface area contributed by atoms with Crippen LogP contribution in [0.4, 0.5) is 0 Å². The Kier molecular flexibility index (Phi) is 5.48. The molecular formula is C24H24N4O2. The molecule has 0 radical (unpaired) electrons. The van der Waals surface area contributed by atoms with E-state index in [0.717, 1.165) is 28.9 Å². The summed E-state index contributed by atoms with van der Waals surface area (Å²) in [6, 6.07) is 22.4. The van der Waals surface area contributed by atoms with Gasteiger partial charge in [-0.2, -0.15) is 9.36 Å². The van der Waals surface area contributed by atoms with E-state index >= 15 is 0 Å². The molecular weight excluding hydrogens is 376 g/mol. The van der Waals surface area contributed by atoms with Crippen molar-refractivity contribution < 1.29 is 4.74 Å². The zero-order chi connectivity index (χ0) is 21.1. The predicted molar refractivity (Wildman–Crippen MR) is 117 cm³/mol. The summed E-state index contributed by atoms with van der Waals surface area (Å²) in [6.07, 6.45) is 0.861. The Morgan fingerprint density at radius 2 is 1.73 bits per heavy atom. The predicted octanol–water partition coefficient (Wildman–Crippen LogP) is 4.08. The number of aryl methyl sites for hydroxylation is 3. The van der Waals surface area contributed by atoms with E-state index in [2.05, 4.69) is 41.6 Å². The molecule has 0 spiro atoms. The van der Waals surface area contributed by atoms with Gasteiger partial charge in [-0.3, -0.25) is 0 Å². The first-order valence-corrected chi connectivity index (χ1v) is 9.97. The molecule has 0 saturated carbocycles. The molecule has 1 aromatic heterocycles. The van der Waals surface area contributed by atoms with Crippen molar-refractivity contribution >= 4 is 0 Å². The van der Waals surface area contributed by atoms with Crippen LogP contribution in [0.1, 0.15) is 23.6 Å². The van der Waals surface area contributed by atoms with E-state index in [1.54, 1.807) is 7.05 Å². The summed E-state index contributed by atoms with van der Waals surface area (Å²) in [5, 5.41) is 7.81. The Hall–Kier alpha value is -3.67. The fraction of sp³-hybridized carbons (Fsp3) is 0.208. The van der Waals surface area contributed by atoms with Crippen LogP contribution in [-0.4, -0.2) is 19.8 Å². The highest BCUT2D eigenvalue weighted by molar-refractivity contribution is 5.65. The normalized spacial score (nSPS) is 10.9. The van der Waals surface area contributed by atoms with Crippen LogP contribution in [0.3, 0.4) is 0 Å². The van der Waals surface area contributed by atoms with Crippen molar-refractivity contribution in [1.29, 1.82) is 0 Å². The molecule has 6 nitrogen and oxygen atoms in total. The van der Waals surface area contributed by atoms with Gasteiger partial charge in [-0.1, -0.05) is 55.5 Å². The lowest BCUT2D eigenvalue weighted by Crippen LogP contribution is -2.23. The van der Waals surface area contributed by atoms with Gasteiger partial charge in [0.05, 0.1) is 5.69 Å². The largest absolute Gasteiger partial charge is 0.489 e. The minimum atomic E-state index is -0.289. The molecule has 0 fully saturated rings. The van der Waals surface area contributed by atoms with Gasteiger partial charge >= 0.3 is 5.69 Å². The number of aromatic nitrogens is 4. The van der Waals surface area contributed by atoms with Gasteiger partial charge in [0.2, 0.25) is 0 Å². The molecule has 4 rings (SSSR count). The lowest BCUT2D eigenvalue weighted by molar-refractivity contribution is 0.302. The molecule has 0 bridgehead atoms. The Morgan fingerprint density at radius 3 is 2.43 bits per heavy atom. The fourth-order valence-electron chi connectivity index (χ4n) is 3.49. The van der Waals surface area contributed by atoms with Gasteiger partial charge in [-0.05, 0) is 64.2 Å². The lowest BCUT2D eigenvalue weighted by Gasteiger charge is -2.16. The number of hydrogen-bond acceptors (Lipinski definition) is 4. The number of tetrazole rings is 1. The Balaban J connectivity index is 1.64. The summed E-state index contributed by atoms with van der Waals surface area (Å²) in [6.45, 7) is 4.46. The van der Waals surface area contributed by atoms with Crippen LogP contribution in [0, 0.1) is 6.92 Å². The molecule has 3 aromatic carbocycles. The van der Waals surface area contributed by atoms with Crippen LogP contribution >= 0.6 is 0 Å². The third-order valence-corrected chi connectivity index (χ3v) is 5.26.